The van der Waals surface area contributed by atoms with Crippen molar-refractivity contribution in [1.29, 1.82) is 0 Å². The zero-order valence-corrected chi connectivity index (χ0v) is 9.67. The van der Waals surface area contributed by atoms with Crippen molar-refractivity contribution in [1.82, 2.24) is 0 Å². The number of ketones is 1. The Morgan fingerprint density at radius 1 is 1.28 bits per heavy atom. The molecule has 18 heavy (non-hydrogen) atoms. The minimum Gasteiger partial charge on any atom is -0.366 e. The lowest BCUT2D eigenvalue weighted by Gasteiger charge is -2.07. The monoisotopic (exact) mass is 259 g/mol. The van der Waals surface area contributed by atoms with Crippen molar-refractivity contribution < 1.29 is 22.8 Å². The maximum atomic E-state index is 12.0. The smallest absolute Gasteiger partial charge is 0.366 e. The molecule has 1 aromatic rings. The first kappa shape index (κ1) is 14.2. The van der Waals surface area contributed by atoms with Crippen molar-refractivity contribution in [3.63, 3.8) is 0 Å². The molecule has 6 heteroatoms. The molecule has 98 valence electrons. The van der Waals surface area contributed by atoms with Crippen LogP contribution in [-0.2, 0) is 11.2 Å². The number of primary amides is 1. The average Bonchev–Trinajstić information content (AvgIpc) is 2.25. The van der Waals surface area contributed by atoms with E-state index in [1.54, 1.807) is 19.1 Å². The maximum Gasteiger partial charge on any atom is 0.449 e. The second kappa shape index (κ2) is 5.20. The van der Waals surface area contributed by atoms with Crippen molar-refractivity contribution in [3.05, 3.63) is 34.9 Å². The van der Waals surface area contributed by atoms with Gasteiger partial charge in [-0.2, -0.15) is 13.2 Å². The summed E-state index contributed by atoms with van der Waals surface area (Å²) in [4.78, 5) is 21.8. The first-order valence-electron chi connectivity index (χ1n) is 5.21. The summed E-state index contributed by atoms with van der Waals surface area (Å²) in [5, 5.41) is 0. The first-order valence-corrected chi connectivity index (χ1v) is 5.21. The summed E-state index contributed by atoms with van der Waals surface area (Å²) in [6.45, 7) is 1.67. The molecule has 0 aliphatic carbocycles. The number of amides is 1. The summed E-state index contributed by atoms with van der Waals surface area (Å²) < 4.78 is 36.0. The molecule has 0 fully saturated rings. The van der Waals surface area contributed by atoms with Gasteiger partial charge in [-0.05, 0) is 30.5 Å². The molecule has 0 aromatic heterocycles. The minimum absolute atomic E-state index is 0.0705. The molecule has 0 aliphatic heterocycles. The molecule has 0 aliphatic rings. The topological polar surface area (TPSA) is 60.2 Å². The summed E-state index contributed by atoms with van der Waals surface area (Å²) in [7, 11) is 0. The Morgan fingerprint density at radius 3 is 2.39 bits per heavy atom. The van der Waals surface area contributed by atoms with Crippen LogP contribution in [0.5, 0.6) is 0 Å². The molecule has 2 N–H and O–H groups in total. The Balaban J connectivity index is 2.78. The van der Waals surface area contributed by atoms with Crippen molar-refractivity contribution >= 4 is 11.7 Å². The minimum atomic E-state index is -4.81. The van der Waals surface area contributed by atoms with E-state index in [0.29, 0.717) is 11.1 Å². The summed E-state index contributed by atoms with van der Waals surface area (Å²) in [5.74, 6) is -2.42. The number of aryl methyl sites for hydroxylation is 2. The van der Waals surface area contributed by atoms with Crippen LogP contribution in [0.15, 0.2) is 18.2 Å². The van der Waals surface area contributed by atoms with Crippen LogP contribution < -0.4 is 5.73 Å². The van der Waals surface area contributed by atoms with Crippen LogP contribution in [0, 0.1) is 6.92 Å². The fourth-order valence-electron chi connectivity index (χ4n) is 1.49. The lowest BCUT2D eigenvalue weighted by molar-refractivity contribution is -0.171. The van der Waals surface area contributed by atoms with Crippen LogP contribution in [0.3, 0.4) is 0 Å². The number of nitrogens with two attached hydrogens (primary N) is 1. The number of hydrogen-bond donors (Lipinski definition) is 1. The van der Waals surface area contributed by atoms with Gasteiger partial charge in [-0.3, -0.25) is 9.59 Å². The van der Waals surface area contributed by atoms with Gasteiger partial charge in [0, 0.05) is 12.0 Å². The van der Waals surface area contributed by atoms with Crippen molar-refractivity contribution in [2.24, 2.45) is 5.73 Å². The number of rotatable bonds is 4. The van der Waals surface area contributed by atoms with E-state index < -0.39 is 24.3 Å². The highest BCUT2D eigenvalue weighted by Gasteiger charge is 2.37. The molecule has 0 saturated carbocycles. The van der Waals surface area contributed by atoms with Gasteiger partial charge in [0.25, 0.3) is 0 Å². The molecule has 1 rings (SSSR count). The number of carbonyl (C=O) groups is 2. The summed E-state index contributed by atoms with van der Waals surface area (Å²) in [5.41, 5.74) is 6.50. The Bertz CT molecular complexity index is 481. The van der Waals surface area contributed by atoms with Crippen LogP contribution in [0.2, 0.25) is 0 Å². The first-order chi connectivity index (χ1) is 8.21. The van der Waals surface area contributed by atoms with Gasteiger partial charge in [-0.15, -0.1) is 0 Å². The molecule has 0 bridgehead atoms. The zero-order valence-electron chi connectivity index (χ0n) is 9.67. The normalized spacial score (nSPS) is 11.3. The molecule has 0 unspecified atom stereocenters. The molecular formula is C12H12F3NO2. The lowest BCUT2D eigenvalue weighted by Crippen LogP contribution is -2.23. The molecular weight excluding hydrogens is 247 g/mol. The van der Waals surface area contributed by atoms with E-state index in [2.05, 4.69) is 0 Å². The van der Waals surface area contributed by atoms with Crippen molar-refractivity contribution in [3.8, 4) is 0 Å². The van der Waals surface area contributed by atoms with Crippen LogP contribution in [0.1, 0.15) is 27.9 Å². The molecule has 1 amide bonds. The molecule has 0 spiro atoms. The zero-order chi connectivity index (χ0) is 13.9. The predicted octanol–water partition coefficient (Wildman–Crippen LogP) is 2.16. The second-order valence-corrected chi connectivity index (χ2v) is 3.93. The Hall–Kier alpha value is -1.85. The molecule has 0 saturated heterocycles. The summed E-state index contributed by atoms with van der Waals surface area (Å²) >= 11 is 0. The standard InChI is InChI=1S/C12H12F3NO2/c1-7-2-3-8(6-9(7)11(16)18)4-5-10(17)12(13,14)15/h2-3,6H,4-5H2,1H3,(H2,16,18). The number of carbonyl (C=O) groups excluding carboxylic acids is 2. The van der Waals surface area contributed by atoms with E-state index in [0.717, 1.165) is 0 Å². The molecule has 0 radical (unpaired) electrons. The van der Waals surface area contributed by atoms with E-state index in [1.165, 1.54) is 6.07 Å². The molecule has 1 aromatic carbocycles. The van der Waals surface area contributed by atoms with Crippen LogP contribution in [0.4, 0.5) is 13.2 Å². The fourth-order valence-corrected chi connectivity index (χ4v) is 1.49. The maximum absolute atomic E-state index is 12.0. The largest absolute Gasteiger partial charge is 0.449 e. The van der Waals surface area contributed by atoms with E-state index in [4.69, 9.17) is 5.73 Å². The Morgan fingerprint density at radius 2 is 1.89 bits per heavy atom. The number of Topliss-reactive ketones (excluding diaryl/α,β-unsaturated/α-hetero) is 1. The number of alkyl halides is 3. The molecule has 0 atom stereocenters. The van der Waals surface area contributed by atoms with Gasteiger partial charge in [0.05, 0.1) is 0 Å². The molecule has 0 heterocycles. The van der Waals surface area contributed by atoms with Gasteiger partial charge >= 0.3 is 6.18 Å². The lowest BCUT2D eigenvalue weighted by atomic mass is 10.0. The highest BCUT2D eigenvalue weighted by atomic mass is 19.4. The van der Waals surface area contributed by atoms with Gasteiger partial charge in [0.15, 0.2) is 0 Å². The second-order valence-electron chi connectivity index (χ2n) is 3.93. The van der Waals surface area contributed by atoms with Crippen LogP contribution in [-0.4, -0.2) is 17.9 Å². The third-order valence-corrected chi connectivity index (χ3v) is 2.52. The van der Waals surface area contributed by atoms with E-state index >= 15 is 0 Å². The number of halogens is 3. The summed E-state index contributed by atoms with van der Waals surface area (Å²) in [6.07, 6.45) is -5.51. The third-order valence-electron chi connectivity index (χ3n) is 2.52. The SMILES string of the molecule is Cc1ccc(CCC(=O)C(F)(F)F)cc1C(N)=O. The highest BCUT2D eigenvalue weighted by Crippen LogP contribution is 2.20. The van der Waals surface area contributed by atoms with E-state index in [9.17, 15) is 22.8 Å². The van der Waals surface area contributed by atoms with Crippen molar-refractivity contribution in [2.75, 3.05) is 0 Å². The average molecular weight is 259 g/mol. The summed E-state index contributed by atoms with van der Waals surface area (Å²) in [6, 6.07) is 4.58. The Labute approximate surface area is 102 Å². The highest BCUT2D eigenvalue weighted by molar-refractivity contribution is 5.94. The van der Waals surface area contributed by atoms with Crippen molar-refractivity contribution in [2.45, 2.75) is 25.9 Å². The number of hydrogen-bond acceptors (Lipinski definition) is 2. The van der Waals surface area contributed by atoms with Crippen LogP contribution >= 0.6 is 0 Å². The van der Waals surface area contributed by atoms with Gasteiger partial charge in [-0.1, -0.05) is 12.1 Å². The Kier molecular flexibility index (Phi) is 4.11. The van der Waals surface area contributed by atoms with Crippen LogP contribution in [0.25, 0.3) is 0 Å². The van der Waals surface area contributed by atoms with E-state index in [1.807, 2.05) is 0 Å². The van der Waals surface area contributed by atoms with Gasteiger partial charge < -0.3 is 5.73 Å². The van der Waals surface area contributed by atoms with Gasteiger partial charge in [-0.25, -0.2) is 0 Å². The predicted molar refractivity (Wildman–Crippen MR) is 59.1 cm³/mol. The quantitative estimate of drug-likeness (QED) is 0.900. The number of benzene rings is 1. The van der Waals surface area contributed by atoms with Gasteiger partial charge in [0.1, 0.15) is 0 Å². The van der Waals surface area contributed by atoms with E-state index in [-0.39, 0.29) is 12.0 Å². The fraction of sp³-hybridized carbons (Fsp3) is 0.333. The third kappa shape index (κ3) is 3.58. The molecule has 3 nitrogen and oxygen atoms in total. The van der Waals surface area contributed by atoms with Gasteiger partial charge in [0.2, 0.25) is 11.7 Å².